The van der Waals surface area contributed by atoms with Crippen molar-refractivity contribution in [2.24, 2.45) is 0 Å². The second-order valence-electron chi connectivity index (χ2n) is 6.94. The number of nitro benzene ring substituents is 1. The third-order valence-corrected chi connectivity index (χ3v) is 6.62. The van der Waals surface area contributed by atoms with E-state index in [2.05, 4.69) is 5.32 Å². The molecule has 0 aliphatic heterocycles. The van der Waals surface area contributed by atoms with Crippen LogP contribution in [0.5, 0.6) is 5.75 Å². The number of rotatable bonds is 8. The maximum atomic E-state index is 13.5. The Hall–Kier alpha value is -3.59. The molecule has 3 aromatic carbocycles. The number of nitro groups is 1. The topological polar surface area (TPSA) is 102 Å². The number of methoxy groups -OCH3 is 1. The van der Waals surface area contributed by atoms with Crippen LogP contribution in [0.25, 0.3) is 0 Å². The van der Waals surface area contributed by atoms with Crippen molar-refractivity contribution in [2.45, 2.75) is 24.9 Å². The van der Waals surface area contributed by atoms with Crippen LogP contribution in [0.4, 0.5) is 17.1 Å². The zero-order valence-electron chi connectivity index (χ0n) is 17.3. The van der Waals surface area contributed by atoms with E-state index in [0.29, 0.717) is 17.1 Å². The fraction of sp³-hybridized carbons (Fsp3) is 0.182. The van der Waals surface area contributed by atoms with E-state index in [1.807, 2.05) is 6.92 Å². The van der Waals surface area contributed by atoms with Gasteiger partial charge < -0.3 is 10.1 Å². The standard InChI is InChI=1S/C22H23N3O5S/c1-16-4-14-22(15-5-16)31(28,29)24(19-8-10-20(11-9-19)25(26)27)17(2)23-18-6-12-21(30-3)13-7-18/h4-15,17,23H,1-3H3. The first-order chi connectivity index (χ1) is 14.7. The molecule has 0 saturated heterocycles. The van der Waals surface area contributed by atoms with Crippen LogP contribution in [-0.4, -0.2) is 26.6 Å². The molecule has 3 aromatic rings. The SMILES string of the molecule is COc1ccc(NC(C)N(c2ccc([N+](=O)[O-])cc2)S(=O)(=O)c2ccc(C)cc2)cc1. The van der Waals surface area contributed by atoms with E-state index in [0.717, 1.165) is 5.56 Å². The number of aryl methyl sites for hydroxylation is 1. The summed E-state index contributed by atoms with van der Waals surface area (Å²) < 4.78 is 33.4. The van der Waals surface area contributed by atoms with Gasteiger partial charge in [-0.05, 0) is 62.4 Å². The zero-order valence-corrected chi connectivity index (χ0v) is 18.2. The highest BCUT2D eigenvalue weighted by atomic mass is 32.2. The number of non-ortho nitro benzene ring substituents is 1. The minimum absolute atomic E-state index is 0.118. The Kier molecular flexibility index (Phi) is 6.45. The lowest BCUT2D eigenvalue weighted by Gasteiger charge is -2.31. The van der Waals surface area contributed by atoms with Crippen molar-refractivity contribution in [3.63, 3.8) is 0 Å². The highest BCUT2D eigenvalue weighted by Crippen LogP contribution is 2.29. The van der Waals surface area contributed by atoms with Crippen LogP contribution in [0.1, 0.15) is 12.5 Å². The third-order valence-electron chi connectivity index (χ3n) is 4.71. The van der Waals surface area contributed by atoms with Gasteiger partial charge in [0.1, 0.15) is 11.9 Å². The van der Waals surface area contributed by atoms with Gasteiger partial charge in [-0.3, -0.25) is 10.1 Å². The van der Waals surface area contributed by atoms with Crippen LogP contribution < -0.4 is 14.4 Å². The van der Waals surface area contributed by atoms with Crippen molar-refractivity contribution in [3.8, 4) is 5.75 Å². The molecule has 0 radical (unpaired) electrons. The monoisotopic (exact) mass is 441 g/mol. The van der Waals surface area contributed by atoms with Gasteiger partial charge in [0, 0.05) is 17.8 Å². The molecule has 1 atom stereocenters. The van der Waals surface area contributed by atoms with E-state index in [1.165, 1.54) is 28.6 Å². The first kappa shape index (κ1) is 22.1. The lowest BCUT2D eigenvalue weighted by molar-refractivity contribution is -0.384. The average Bonchev–Trinajstić information content (AvgIpc) is 2.75. The minimum Gasteiger partial charge on any atom is -0.497 e. The van der Waals surface area contributed by atoms with Crippen LogP contribution in [0.2, 0.25) is 0 Å². The molecule has 31 heavy (non-hydrogen) atoms. The summed E-state index contributed by atoms with van der Waals surface area (Å²) in [5, 5.41) is 14.2. The summed E-state index contributed by atoms with van der Waals surface area (Å²) in [7, 11) is -2.39. The van der Waals surface area contributed by atoms with Crippen LogP contribution in [0.15, 0.2) is 77.7 Å². The summed E-state index contributed by atoms with van der Waals surface area (Å²) in [5.74, 6) is 0.678. The highest BCUT2D eigenvalue weighted by molar-refractivity contribution is 7.92. The third kappa shape index (κ3) is 4.95. The lowest BCUT2D eigenvalue weighted by atomic mass is 10.2. The zero-order chi connectivity index (χ0) is 22.6. The summed E-state index contributed by atoms with van der Waals surface area (Å²) in [5.41, 5.74) is 1.82. The van der Waals surface area contributed by atoms with E-state index in [9.17, 15) is 18.5 Å². The number of benzene rings is 3. The maximum Gasteiger partial charge on any atom is 0.269 e. The molecule has 162 valence electrons. The van der Waals surface area contributed by atoms with Gasteiger partial charge in [-0.25, -0.2) is 12.7 Å². The lowest BCUT2D eigenvalue weighted by Crippen LogP contribution is -2.43. The Morgan fingerprint density at radius 2 is 1.55 bits per heavy atom. The largest absolute Gasteiger partial charge is 0.497 e. The van der Waals surface area contributed by atoms with E-state index >= 15 is 0 Å². The Bertz CT molecular complexity index is 1150. The molecule has 8 nitrogen and oxygen atoms in total. The number of ether oxygens (including phenoxy) is 1. The normalized spacial score (nSPS) is 12.1. The molecule has 3 rings (SSSR count). The molecule has 9 heteroatoms. The highest BCUT2D eigenvalue weighted by Gasteiger charge is 2.30. The Morgan fingerprint density at radius 1 is 0.968 bits per heavy atom. The first-order valence-corrected chi connectivity index (χ1v) is 10.9. The summed E-state index contributed by atoms with van der Waals surface area (Å²) in [6.45, 7) is 3.58. The predicted molar refractivity (Wildman–Crippen MR) is 120 cm³/mol. The molecule has 0 heterocycles. The van der Waals surface area contributed by atoms with Crippen LogP contribution >= 0.6 is 0 Å². The fourth-order valence-electron chi connectivity index (χ4n) is 3.10. The van der Waals surface area contributed by atoms with Crippen molar-refractivity contribution >= 4 is 27.1 Å². The van der Waals surface area contributed by atoms with Crippen LogP contribution in [-0.2, 0) is 10.0 Å². The van der Waals surface area contributed by atoms with Crippen LogP contribution in [0.3, 0.4) is 0 Å². The van der Waals surface area contributed by atoms with Crippen molar-refractivity contribution in [1.29, 1.82) is 0 Å². The number of nitrogens with zero attached hydrogens (tertiary/aromatic N) is 2. The van der Waals surface area contributed by atoms with Gasteiger partial charge in [-0.2, -0.15) is 0 Å². The van der Waals surface area contributed by atoms with Gasteiger partial charge in [0.15, 0.2) is 0 Å². The summed E-state index contributed by atoms with van der Waals surface area (Å²) in [6.07, 6.45) is -0.693. The number of anilines is 2. The molecule has 0 saturated carbocycles. The Morgan fingerprint density at radius 3 is 2.06 bits per heavy atom. The summed E-state index contributed by atoms with van der Waals surface area (Å²) in [6, 6.07) is 19.0. The van der Waals surface area contributed by atoms with Gasteiger partial charge in [0.2, 0.25) is 0 Å². The molecule has 0 fully saturated rings. The Labute approximate surface area is 181 Å². The predicted octanol–water partition coefficient (Wildman–Crippen LogP) is 4.57. The second kappa shape index (κ2) is 9.05. The van der Waals surface area contributed by atoms with Gasteiger partial charge >= 0.3 is 0 Å². The van der Waals surface area contributed by atoms with E-state index in [1.54, 1.807) is 62.6 Å². The van der Waals surface area contributed by atoms with E-state index < -0.39 is 21.1 Å². The van der Waals surface area contributed by atoms with Crippen molar-refractivity contribution in [1.82, 2.24) is 0 Å². The van der Waals surface area contributed by atoms with Gasteiger partial charge in [-0.15, -0.1) is 0 Å². The maximum absolute atomic E-state index is 13.5. The molecule has 0 bridgehead atoms. The summed E-state index contributed by atoms with van der Waals surface area (Å²) in [4.78, 5) is 10.6. The van der Waals surface area contributed by atoms with Crippen molar-refractivity contribution in [2.75, 3.05) is 16.7 Å². The molecular weight excluding hydrogens is 418 g/mol. The molecule has 0 aliphatic rings. The molecule has 0 aromatic heterocycles. The summed E-state index contributed by atoms with van der Waals surface area (Å²) >= 11 is 0. The Balaban J connectivity index is 2.02. The smallest absolute Gasteiger partial charge is 0.269 e. The van der Waals surface area contributed by atoms with Gasteiger partial charge in [0.05, 0.1) is 22.6 Å². The quantitative estimate of drug-likeness (QED) is 0.312. The molecule has 1 unspecified atom stereocenters. The average molecular weight is 442 g/mol. The number of hydrogen-bond donors (Lipinski definition) is 1. The molecule has 1 N–H and O–H groups in total. The first-order valence-electron chi connectivity index (χ1n) is 9.48. The molecule has 0 aliphatic carbocycles. The molecule has 0 spiro atoms. The number of sulfonamides is 1. The molecular formula is C22H23N3O5S. The van der Waals surface area contributed by atoms with E-state index in [4.69, 9.17) is 4.74 Å². The van der Waals surface area contributed by atoms with E-state index in [-0.39, 0.29) is 10.6 Å². The number of hydrogen-bond acceptors (Lipinski definition) is 6. The van der Waals surface area contributed by atoms with Crippen molar-refractivity contribution in [3.05, 3.63) is 88.5 Å². The minimum atomic E-state index is -3.96. The molecule has 0 amide bonds. The van der Waals surface area contributed by atoms with Gasteiger partial charge in [-0.1, -0.05) is 17.7 Å². The number of nitrogens with one attached hydrogen (secondary N) is 1. The van der Waals surface area contributed by atoms with Crippen LogP contribution in [0, 0.1) is 17.0 Å². The van der Waals surface area contributed by atoms with Crippen molar-refractivity contribution < 1.29 is 18.1 Å². The van der Waals surface area contributed by atoms with Gasteiger partial charge in [0.25, 0.3) is 15.7 Å². The second-order valence-corrected chi connectivity index (χ2v) is 8.75. The fourth-order valence-corrected chi connectivity index (χ4v) is 4.68.